The lowest BCUT2D eigenvalue weighted by atomic mass is 10.5. The molecule has 0 bridgehead atoms. The maximum Gasteiger partial charge on any atom is 0.229 e. The molecular formula is C7H11N4S. The summed E-state index contributed by atoms with van der Waals surface area (Å²) in [5.41, 5.74) is 0. The molecule has 0 spiro atoms. The monoisotopic (exact) mass is 183 g/mol. The molecule has 5 heteroatoms. The number of anilines is 1. The Morgan fingerprint density at radius 1 is 1.33 bits per heavy atom. The van der Waals surface area contributed by atoms with Gasteiger partial charge in [0, 0.05) is 13.1 Å². The highest BCUT2D eigenvalue weighted by Crippen LogP contribution is 2.05. The number of rotatable bonds is 3. The van der Waals surface area contributed by atoms with Crippen molar-refractivity contribution in [3.63, 3.8) is 0 Å². The summed E-state index contributed by atoms with van der Waals surface area (Å²) in [6.45, 7) is 5.85. The van der Waals surface area contributed by atoms with Gasteiger partial charge in [-0.1, -0.05) is 0 Å². The van der Waals surface area contributed by atoms with Crippen LogP contribution in [0.3, 0.4) is 0 Å². The topological polar surface area (TPSA) is 41.9 Å². The molecular weight excluding hydrogens is 172 g/mol. The van der Waals surface area contributed by atoms with Crippen LogP contribution in [-0.2, 0) is 0 Å². The van der Waals surface area contributed by atoms with E-state index in [1.807, 2.05) is 18.7 Å². The highest BCUT2D eigenvalue weighted by Gasteiger charge is 2.04. The zero-order chi connectivity index (χ0) is 8.97. The van der Waals surface area contributed by atoms with Crippen LogP contribution in [0.5, 0.6) is 0 Å². The second kappa shape index (κ2) is 4.25. The minimum atomic E-state index is 0.409. The van der Waals surface area contributed by atoms with Crippen molar-refractivity contribution >= 4 is 18.6 Å². The highest BCUT2D eigenvalue weighted by molar-refractivity contribution is 7.80. The van der Waals surface area contributed by atoms with Crippen molar-refractivity contribution in [1.29, 1.82) is 0 Å². The lowest BCUT2D eigenvalue weighted by Crippen LogP contribution is -2.24. The Morgan fingerprint density at radius 2 is 2.00 bits per heavy atom. The van der Waals surface area contributed by atoms with Crippen molar-refractivity contribution in [2.45, 2.75) is 19.0 Å². The zero-order valence-electron chi connectivity index (χ0n) is 7.15. The van der Waals surface area contributed by atoms with E-state index < -0.39 is 0 Å². The molecule has 0 aromatic carbocycles. The molecule has 0 fully saturated rings. The third kappa shape index (κ3) is 2.07. The van der Waals surface area contributed by atoms with Crippen LogP contribution in [0.15, 0.2) is 5.16 Å². The van der Waals surface area contributed by atoms with Crippen LogP contribution in [0, 0.1) is 6.33 Å². The molecule has 1 radical (unpaired) electrons. The van der Waals surface area contributed by atoms with Gasteiger partial charge in [0.05, 0.1) is 0 Å². The summed E-state index contributed by atoms with van der Waals surface area (Å²) in [6, 6.07) is 0. The Kier molecular flexibility index (Phi) is 3.28. The predicted molar refractivity (Wildman–Crippen MR) is 49.5 cm³/mol. The van der Waals surface area contributed by atoms with Crippen LogP contribution in [0.4, 0.5) is 5.95 Å². The van der Waals surface area contributed by atoms with E-state index in [4.69, 9.17) is 0 Å². The van der Waals surface area contributed by atoms with Crippen LogP contribution < -0.4 is 4.90 Å². The molecule has 0 saturated carbocycles. The van der Waals surface area contributed by atoms with Crippen molar-refractivity contribution < 1.29 is 0 Å². The van der Waals surface area contributed by atoms with E-state index in [1.165, 1.54) is 0 Å². The first kappa shape index (κ1) is 9.25. The van der Waals surface area contributed by atoms with Crippen LogP contribution in [0.2, 0.25) is 0 Å². The van der Waals surface area contributed by atoms with E-state index >= 15 is 0 Å². The van der Waals surface area contributed by atoms with Crippen LogP contribution in [-0.4, -0.2) is 28.0 Å². The van der Waals surface area contributed by atoms with Crippen molar-refractivity contribution in [3.8, 4) is 0 Å². The Bertz CT molecular complexity index is 249. The van der Waals surface area contributed by atoms with E-state index in [0.717, 1.165) is 13.1 Å². The van der Waals surface area contributed by atoms with E-state index in [0.29, 0.717) is 11.1 Å². The molecule has 0 atom stereocenters. The summed E-state index contributed by atoms with van der Waals surface area (Å²) >= 11 is 4.01. The van der Waals surface area contributed by atoms with E-state index in [1.54, 1.807) is 0 Å². The van der Waals surface area contributed by atoms with Crippen LogP contribution in [0.1, 0.15) is 13.8 Å². The Hall–Kier alpha value is -0.840. The molecule has 1 aromatic heterocycles. The Morgan fingerprint density at radius 3 is 2.50 bits per heavy atom. The number of aromatic nitrogens is 3. The quantitative estimate of drug-likeness (QED) is 0.704. The first-order chi connectivity index (χ1) is 5.77. The maximum atomic E-state index is 4.05. The molecule has 1 heterocycles. The molecule has 0 aliphatic carbocycles. The van der Waals surface area contributed by atoms with Crippen molar-refractivity contribution in [3.05, 3.63) is 6.33 Å². The zero-order valence-corrected chi connectivity index (χ0v) is 8.04. The summed E-state index contributed by atoms with van der Waals surface area (Å²) in [7, 11) is 0. The number of thiol groups is 1. The fraction of sp³-hybridized carbons (Fsp3) is 0.571. The highest BCUT2D eigenvalue weighted by atomic mass is 32.1. The lowest BCUT2D eigenvalue weighted by molar-refractivity contribution is 0.780. The third-order valence-corrected chi connectivity index (χ3v) is 1.75. The molecule has 0 unspecified atom stereocenters. The molecule has 65 valence electrons. The molecule has 12 heavy (non-hydrogen) atoms. The van der Waals surface area contributed by atoms with Crippen molar-refractivity contribution in [1.82, 2.24) is 15.0 Å². The molecule has 4 nitrogen and oxygen atoms in total. The van der Waals surface area contributed by atoms with Crippen LogP contribution in [0.25, 0.3) is 0 Å². The van der Waals surface area contributed by atoms with Gasteiger partial charge in [0.15, 0.2) is 5.16 Å². The number of nitrogens with zero attached hydrogens (tertiary/aromatic N) is 4. The van der Waals surface area contributed by atoms with Crippen molar-refractivity contribution in [2.24, 2.45) is 0 Å². The van der Waals surface area contributed by atoms with Gasteiger partial charge >= 0.3 is 0 Å². The number of hydrogen-bond acceptors (Lipinski definition) is 5. The first-order valence-electron chi connectivity index (χ1n) is 3.84. The number of hydrogen-bond donors (Lipinski definition) is 1. The normalized spacial score (nSPS) is 9.92. The van der Waals surface area contributed by atoms with Gasteiger partial charge in [-0.05, 0) is 13.8 Å². The fourth-order valence-corrected chi connectivity index (χ4v) is 1.04. The molecule has 1 rings (SSSR count). The SMILES string of the molecule is CCN(CC)c1n[c]nc(S)n1. The minimum Gasteiger partial charge on any atom is -0.341 e. The van der Waals surface area contributed by atoms with Crippen molar-refractivity contribution in [2.75, 3.05) is 18.0 Å². The second-order valence-corrected chi connectivity index (χ2v) is 2.61. The van der Waals surface area contributed by atoms with Gasteiger partial charge in [0.2, 0.25) is 12.3 Å². The summed E-state index contributed by atoms with van der Waals surface area (Å²) in [6.07, 6.45) is 2.50. The predicted octanol–water partition coefficient (Wildman–Crippen LogP) is 0.807. The summed E-state index contributed by atoms with van der Waals surface area (Å²) in [5, 5.41) is 0.409. The van der Waals surface area contributed by atoms with Gasteiger partial charge in [0.1, 0.15) is 0 Å². The molecule has 0 amide bonds. The molecule has 0 N–H and O–H groups in total. The Labute approximate surface area is 77.5 Å². The molecule has 0 aliphatic heterocycles. The average molecular weight is 183 g/mol. The average Bonchev–Trinajstić information content (AvgIpc) is 2.07. The van der Waals surface area contributed by atoms with E-state index in [-0.39, 0.29) is 0 Å². The van der Waals surface area contributed by atoms with Gasteiger partial charge < -0.3 is 4.90 Å². The second-order valence-electron chi connectivity index (χ2n) is 2.21. The largest absolute Gasteiger partial charge is 0.341 e. The first-order valence-corrected chi connectivity index (χ1v) is 4.28. The Balaban J connectivity index is 2.85. The lowest BCUT2D eigenvalue weighted by Gasteiger charge is -2.17. The molecule has 0 saturated heterocycles. The van der Waals surface area contributed by atoms with Crippen LogP contribution >= 0.6 is 12.6 Å². The van der Waals surface area contributed by atoms with Gasteiger partial charge in [-0.3, -0.25) is 0 Å². The summed E-state index contributed by atoms with van der Waals surface area (Å²) in [4.78, 5) is 13.7. The van der Waals surface area contributed by atoms with E-state index in [9.17, 15) is 0 Å². The van der Waals surface area contributed by atoms with Gasteiger partial charge in [-0.2, -0.15) is 15.0 Å². The fourth-order valence-electron chi connectivity index (χ4n) is 0.902. The van der Waals surface area contributed by atoms with E-state index in [2.05, 4.69) is 33.9 Å². The van der Waals surface area contributed by atoms with Gasteiger partial charge in [-0.15, -0.1) is 12.6 Å². The standard InChI is InChI=1S/C7H11N4S/c1-3-11(4-2)6-8-5-9-7(12)10-6/h3-4H2,1-2H3,(H,8,9,10,12). The smallest absolute Gasteiger partial charge is 0.229 e. The maximum absolute atomic E-state index is 4.05. The minimum absolute atomic E-state index is 0.409. The third-order valence-electron chi connectivity index (χ3n) is 1.55. The summed E-state index contributed by atoms with van der Waals surface area (Å²) in [5.74, 6) is 0.639. The van der Waals surface area contributed by atoms with Gasteiger partial charge in [-0.25, -0.2) is 0 Å². The van der Waals surface area contributed by atoms with Gasteiger partial charge in [0.25, 0.3) is 0 Å². The summed E-state index contributed by atoms with van der Waals surface area (Å²) < 4.78 is 0. The molecule has 1 aromatic rings. The molecule has 0 aliphatic rings.